The van der Waals surface area contributed by atoms with Gasteiger partial charge in [0.2, 0.25) is 5.82 Å². The van der Waals surface area contributed by atoms with Crippen molar-refractivity contribution in [2.45, 2.75) is 39.3 Å². The Morgan fingerprint density at radius 2 is 2.20 bits per heavy atom. The first-order valence-corrected chi connectivity index (χ1v) is 7.77. The summed E-state index contributed by atoms with van der Waals surface area (Å²) in [5, 5.41) is 28.5. The maximum absolute atomic E-state index is 11.2. The minimum atomic E-state index is -0.937. The Labute approximate surface area is 122 Å². The Morgan fingerprint density at radius 1 is 1.60 bits per heavy atom. The molecule has 0 saturated heterocycles. The van der Waals surface area contributed by atoms with E-state index in [2.05, 4.69) is 10.4 Å². The summed E-state index contributed by atoms with van der Waals surface area (Å²) in [6.07, 6.45) is 1.90. The van der Waals surface area contributed by atoms with Gasteiger partial charge in [-0.25, -0.2) is 4.68 Å². The van der Waals surface area contributed by atoms with E-state index in [9.17, 15) is 15.2 Å². The van der Waals surface area contributed by atoms with Crippen molar-refractivity contribution in [1.82, 2.24) is 9.78 Å². The second-order valence-corrected chi connectivity index (χ2v) is 6.23. The average molecular weight is 302 g/mol. The fraction of sp³-hybridized carbons (Fsp3) is 0.750. The van der Waals surface area contributed by atoms with Crippen LogP contribution in [0, 0.1) is 17.0 Å². The topological polar surface area (TPSA) is 93.2 Å². The van der Waals surface area contributed by atoms with Gasteiger partial charge in [-0.3, -0.25) is 10.1 Å². The third-order valence-corrected chi connectivity index (χ3v) is 3.73. The molecule has 0 bridgehead atoms. The van der Waals surface area contributed by atoms with Gasteiger partial charge in [-0.15, -0.1) is 0 Å². The monoisotopic (exact) mass is 302 g/mol. The van der Waals surface area contributed by atoms with Gasteiger partial charge >= 0.3 is 5.69 Å². The van der Waals surface area contributed by atoms with Crippen molar-refractivity contribution < 1.29 is 10.0 Å². The molecule has 1 unspecified atom stereocenters. The first kappa shape index (κ1) is 16.8. The Balaban J connectivity index is 3.06. The van der Waals surface area contributed by atoms with E-state index in [1.54, 1.807) is 18.5 Å². The summed E-state index contributed by atoms with van der Waals surface area (Å²) < 4.78 is 1.59. The van der Waals surface area contributed by atoms with Gasteiger partial charge in [0, 0.05) is 18.3 Å². The summed E-state index contributed by atoms with van der Waals surface area (Å²) in [7, 11) is 0. The molecule has 1 aromatic rings. The molecular weight excluding hydrogens is 280 g/mol. The van der Waals surface area contributed by atoms with E-state index in [4.69, 9.17) is 0 Å². The lowest BCUT2D eigenvalue weighted by molar-refractivity contribution is -0.384. The Kier molecular flexibility index (Phi) is 5.41. The first-order chi connectivity index (χ1) is 9.19. The zero-order chi connectivity index (χ0) is 15.5. The molecule has 8 heteroatoms. The SMILES string of the molecule is CSCC(C)(O)CNc1c([N+](=O)[O-])c(C)nn1C(C)C. The van der Waals surface area contributed by atoms with Crippen molar-refractivity contribution in [1.29, 1.82) is 0 Å². The van der Waals surface area contributed by atoms with Crippen LogP contribution in [-0.4, -0.2) is 44.0 Å². The lowest BCUT2D eigenvalue weighted by Crippen LogP contribution is -2.36. The minimum Gasteiger partial charge on any atom is -0.387 e. The molecule has 1 heterocycles. The molecule has 114 valence electrons. The molecule has 7 nitrogen and oxygen atoms in total. The van der Waals surface area contributed by atoms with Gasteiger partial charge in [-0.2, -0.15) is 16.9 Å². The minimum absolute atomic E-state index is 0.00426. The number of aliphatic hydroxyl groups is 1. The fourth-order valence-corrected chi connectivity index (χ4v) is 2.66. The highest BCUT2D eigenvalue weighted by atomic mass is 32.2. The Bertz CT molecular complexity index is 485. The molecule has 0 aromatic carbocycles. The van der Waals surface area contributed by atoms with Crippen molar-refractivity contribution in [2.24, 2.45) is 0 Å². The van der Waals surface area contributed by atoms with E-state index in [-0.39, 0.29) is 18.3 Å². The van der Waals surface area contributed by atoms with Crippen LogP contribution in [0.15, 0.2) is 0 Å². The van der Waals surface area contributed by atoms with Crippen LogP contribution in [0.4, 0.5) is 11.5 Å². The van der Waals surface area contributed by atoms with Crippen molar-refractivity contribution in [3.05, 3.63) is 15.8 Å². The summed E-state index contributed by atoms with van der Waals surface area (Å²) in [6.45, 7) is 7.35. The molecule has 1 aromatic heterocycles. The third-order valence-electron chi connectivity index (χ3n) is 2.82. The van der Waals surface area contributed by atoms with Gasteiger partial charge in [0.25, 0.3) is 0 Å². The maximum Gasteiger partial charge on any atom is 0.333 e. The highest BCUT2D eigenvalue weighted by molar-refractivity contribution is 7.98. The molecule has 0 saturated carbocycles. The number of hydrogen-bond donors (Lipinski definition) is 2. The molecule has 2 N–H and O–H groups in total. The fourth-order valence-electron chi connectivity index (χ4n) is 1.93. The predicted octanol–water partition coefficient (Wildman–Crippen LogP) is 2.21. The highest BCUT2D eigenvalue weighted by Gasteiger charge is 2.28. The van der Waals surface area contributed by atoms with Crippen LogP contribution in [0.25, 0.3) is 0 Å². The van der Waals surface area contributed by atoms with E-state index in [1.165, 1.54) is 11.8 Å². The average Bonchev–Trinajstić information content (AvgIpc) is 2.63. The number of aryl methyl sites for hydroxylation is 1. The summed E-state index contributed by atoms with van der Waals surface area (Å²) >= 11 is 1.52. The lowest BCUT2D eigenvalue weighted by atomic mass is 10.1. The van der Waals surface area contributed by atoms with E-state index in [0.717, 1.165) is 0 Å². The maximum atomic E-state index is 11.2. The highest BCUT2D eigenvalue weighted by Crippen LogP contribution is 2.31. The molecule has 0 fully saturated rings. The summed E-state index contributed by atoms with van der Waals surface area (Å²) in [4.78, 5) is 10.7. The van der Waals surface area contributed by atoms with Crippen LogP contribution < -0.4 is 5.32 Å². The van der Waals surface area contributed by atoms with Gasteiger partial charge in [-0.05, 0) is 34.0 Å². The number of nitrogens with one attached hydrogen (secondary N) is 1. The van der Waals surface area contributed by atoms with Crippen LogP contribution in [0.1, 0.15) is 32.5 Å². The zero-order valence-corrected chi connectivity index (χ0v) is 13.3. The van der Waals surface area contributed by atoms with Gasteiger partial charge < -0.3 is 10.4 Å². The summed E-state index contributed by atoms with van der Waals surface area (Å²) in [5.74, 6) is 0.895. The number of rotatable bonds is 7. The number of nitrogens with zero attached hydrogens (tertiary/aromatic N) is 3. The normalized spacial score (nSPS) is 14.3. The number of anilines is 1. The first-order valence-electron chi connectivity index (χ1n) is 6.38. The molecule has 0 radical (unpaired) electrons. The third kappa shape index (κ3) is 3.86. The van der Waals surface area contributed by atoms with Gasteiger partial charge in [0.05, 0.1) is 10.5 Å². The zero-order valence-electron chi connectivity index (χ0n) is 12.5. The predicted molar refractivity (Wildman–Crippen MR) is 81.5 cm³/mol. The van der Waals surface area contributed by atoms with E-state index >= 15 is 0 Å². The molecule has 0 spiro atoms. The van der Waals surface area contributed by atoms with E-state index < -0.39 is 10.5 Å². The standard InChI is InChI=1S/C12H22N4O3S/c1-8(2)15-11(10(16(18)19)9(3)14-15)13-6-12(4,17)7-20-5/h8,13,17H,6-7H2,1-5H3. The van der Waals surface area contributed by atoms with Crippen LogP contribution in [0.3, 0.4) is 0 Å². The van der Waals surface area contributed by atoms with Crippen LogP contribution in [0.2, 0.25) is 0 Å². The van der Waals surface area contributed by atoms with Gasteiger partial charge in [0.1, 0.15) is 5.69 Å². The lowest BCUT2D eigenvalue weighted by Gasteiger charge is -2.23. The van der Waals surface area contributed by atoms with Crippen molar-refractivity contribution in [3.63, 3.8) is 0 Å². The van der Waals surface area contributed by atoms with Gasteiger partial charge in [0.15, 0.2) is 0 Å². The summed E-state index contributed by atoms with van der Waals surface area (Å²) in [6, 6.07) is -0.00426. The molecule has 0 aliphatic carbocycles. The Morgan fingerprint density at radius 3 is 2.65 bits per heavy atom. The smallest absolute Gasteiger partial charge is 0.333 e. The molecule has 1 rings (SSSR count). The largest absolute Gasteiger partial charge is 0.387 e. The number of aromatic nitrogens is 2. The molecule has 0 aliphatic rings. The molecular formula is C12H22N4O3S. The molecule has 20 heavy (non-hydrogen) atoms. The second-order valence-electron chi connectivity index (χ2n) is 5.36. The number of nitro groups is 1. The summed E-state index contributed by atoms with van der Waals surface area (Å²) in [5.41, 5.74) is -0.595. The van der Waals surface area contributed by atoms with Crippen molar-refractivity contribution in [2.75, 3.05) is 23.9 Å². The van der Waals surface area contributed by atoms with Crippen molar-refractivity contribution >= 4 is 23.3 Å². The van der Waals surface area contributed by atoms with Crippen LogP contribution in [0.5, 0.6) is 0 Å². The second kappa shape index (κ2) is 6.45. The number of thioether (sulfide) groups is 1. The molecule has 0 amide bonds. The van der Waals surface area contributed by atoms with E-state index in [1.807, 2.05) is 20.1 Å². The van der Waals surface area contributed by atoms with E-state index in [0.29, 0.717) is 17.3 Å². The van der Waals surface area contributed by atoms with Crippen molar-refractivity contribution in [3.8, 4) is 0 Å². The van der Waals surface area contributed by atoms with Gasteiger partial charge in [-0.1, -0.05) is 0 Å². The molecule has 1 atom stereocenters. The Hall–Kier alpha value is -1.28. The van der Waals surface area contributed by atoms with Crippen LogP contribution >= 0.6 is 11.8 Å². The molecule has 0 aliphatic heterocycles. The quantitative estimate of drug-likeness (QED) is 0.592. The number of hydrogen-bond acceptors (Lipinski definition) is 6. The van der Waals surface area contributed by atoms with Crippen LogP contribution in [-0.2, 0) is 0 Å².